The summed E-state index contributed by atoms with van der Waals surface area (Å²) in [5.41, 5.74) is 5.71. The Morgan fingerprint density at radius 2 is 2.17 bits per heavy atom. The summed E-state index contributed by atoms with van der Waals surface area (Å²) in [5, 5.41) is 0. The van der Waals surface area contributed by atoms with Crippen molar-refractivity contribution in [1.82, 2.24) is 9.80 Å². The Morgan fingerprint density at radius 1 is 1.56 bits per heavy atom. The van der Waals surface area contributed by atoms with E-state index >= 15 is 0 Å². The number of carbonyl (C=O) groups excluding carboxylic acids is 1. The molecule has 1 heterocycles. The molecular weight excluding hydrogens is 230 g/mol. The van der Waals surface area contributed by atoms with Gasteiger partial charge in [-0.25, -0.2) is 4.79 Å². The predicted molar refractivity (Wildman–Crippen MR) is 72.4 cm³/mol. The smallest absolute Gasteiger partial charge is 0.410 e. The molecule has 0 aliphatic carbocycles. The first-order valence-corrected chi connectivity index (χ1v) is 6.57. The van der Waals surface area contributed by atoms with Crippen molar-refractivity contribution in [1.29, 1.82) is 0 Å². The largest absolute Gasteiger partial charge is 0.444 e. The number of nitrogens with two attached hydrogens (primary N) is 1. The first kappa shape index (κ1) is 15.2. The van der Waals surface area contributed by atoms with Crippen LogP contribution < -0.4 is 5.73 Å². The van der Waals surface area contributed by atoms with Crippen molar-refractivity contribution in [2.24, 2.45) is 11.7 Å². The molecular formula is C13H27N3O2. The molecule has 2 N–H and O–H groups in total. The molecule has 106 valence electrons. The van der Waals surface area contributed by atoms with Gasteiger partial charge in [-0.3, -0.25) is 0 Å². The van der Waals surface area contributed by atoms with Gasteiger partial charge in [0.1, 0.15) is 5.60 Å². The van der Waals surface area contributed by atoms with Crippen LogP contribution in [0.4, 0.5) is 4.79 Å². The molecule has 1 saturated heterocycles. The fourth-order valence-electron chi connectivity index (χ4n) is 2.20. The molecule has 1 aliphatic rings. The third kappa shape index (κ3) is 4.82. The molecule has 0 aromatic carbocycles. The topological polar surface area (TPSA) is 58.8 Å². The number of carbonyl (C=O) groups is 1. The van der Waals surface area contributed by atoms with Gasteiger partial charge in [0.05, 0.1) is 0 Å². The Kier molecular flexibility index (Phi) is 4.99. The van der Waals surface area contributed by atoms with E-state index < -0.39 is 5.60 Å². The van der Waals surface area contributed by atoms with Crippen molar-refractivity contribution >= 4 is 6.09 Å². The van der Waals surface area contributed by atoms with E-state index in [9.17, 15) is 4.79 Å². The van der Waals surface area contributed by atoms with Gasteiger partial charge in [-0.15, -0.1) is 0 Å². The first-order chi connectivity index (χ1) is 8.19. The number of amides is 1. The zero-order valence-electron chi connectivity index (χ0n) is 12.3. The van der Waals surface area contributed by atoms with E-state index in [1.807, 2.05) is 20.8 Å². The molecule has 2 unspecified atom stereocenters. The number of hydrogen-bond acceptors (Lipinski definition) is 4. The molecule has 0 radical (unpaired) electrons. The van der Waals surface area contributed by atoms with E-state index in [4.69, 9.17) is 10.5 Å². The van der Waals surface area contributed by atoms with Crippen molar-refractivity contribution < 1.29 is 9.53 Å². The summed E-state index contributed by atoms with van der Waals surface area (Å²) >= 11 is 0. The molecule has 0 saturated carbocycles. The van der Waals surface area contributed by atoms with Crippen molar-refractivity contribution in [2.45, 2.75) is 38.8 Å². The Labute approximate surface area is 110 Å². The molecule has 1 rings (SSSR count). The van der Waals surface area contributed by atoms with E-state index in [-0.39, 0.29) is 12.1 Å². The summed E-state index contributed by atoms with van der Waals surface area (Å²) < 4.78 is 5.31. The minimum Gasteiger partial charge on any atom is -0.444 e. The van der Waals surface area contributed by atoms with Gasteiger partial charge in [-0.2, -0.15) is 0 Å². The quantitative estimate of drug-likeness (QED) is 0.823. The summed E-state index contributed by atoms with van der Waals surface area (Å²) in [6.07, 6.45) is 0.809. The highest BCUT2D eigenvalue weighted by Crippen LogP contribution is 2.18. The highest BCUT2D eigenvalue weighted by Gasteiger charge is 2.28. The summed E-state index contributed by atoms with van der Waals surface area (Å²) in [7, 11) is 3.84. The van der Waals surface area contributed by atoms with Crippen LogP contribution in [0.1, 0.15) is 27.2 Å². The number of nitrogens with zero attached hydrogens (tertiary/aromatic N) is 2. The lowest BCUT2D eigenvalue weighted by Crippen LogP contribution is -2.45. The van der Waals surface area contributed by atoms with Crippen molar-refractivity contribution in [3.63, 3.8) is 0 Å². The predicted octanol–water partition coefficient (Wildman–Crippen LogP) is 1.13. The second-order valence-electron chi connectivity index (χ2n) is 6.34. The van der Waals surface area contributed by atoms with E-state index in [0.717, 1.165) is 19.5 Å². The monoisotopic (exact) mass is 257 g/mol. The van der Waals surface area contributed by atoms with Gasteiger partial charge in [0.15, 0.2) is 0 Å². The Hall–Kier alpha value is -0.810. The molecule has 0 aromatic heterocycles. The van der Waals surface area contributed by atoms with E-state index in [0.29, 0.717) is 12.5 Å². The van der Waals surface area contributed by atoms with Crippen molar-refractivity contribution in [3.05, 3.63) is 0 Å². The number of likely N-dealkylation sites (tertiary alicyclic amines) is 1. The average molecular weight is 257 g/mol. The highest BCUT2D eigenvalue weighted by atomic mass is 16.6. The van der Waals surface area contributed by atoms with E-state index in [1.54, 1.807) is 11.9 Å². The van der Waals surface area contributed by atoms with Crippen LogP contribution in [0.25, 0.3) is 0 Å². The Morgan fingerprint density at radius 3 is 2.61 bits per heavy atom. The van der Waals surface area contributed by atoms with Gasteiger partial charge in [-0.1, -0.05) is 0 Å². The lowest BCUT2D eigenvalue weighted by molar-refractivity contribution is 0.0280. The Bertz CT molecular complexity index is 288. The van der Waals surface area contributed by atoms with Crippen LogP contribution in [0.5, 0.6) is 0 Å². The normalized spacial score (nSPS) is 22.9. The maximum atomic E-state index is 11.8. The highest BCUT2D eigenvalue weighted by molar-refractivity contribution is 5.67. The summed E-state index contributed by atoms with van der Waals surface area (Å²) in [6, 6.07) is 0.0208. The van der Waals surface area contributed by atoms with Crippen LogP contribution in [0, 0.1) is 5.92 Å². The minimum atomic E-state index is -0.455. The lowest BCUT2D eigenvalue weighted by atomic mass is 9.99. The number of hydrogen-bond donors (Lipinski definition) is 1. The maximum absolute atomic E-state index is 11.8. The van der Waals surface area contributed by atoms with Gasteiger partial charge in [0.2, 0.25) is 0 Å². The third-order valence-corrected chi connectivity index (χ3v) is 3.22. The zero-order chi connectivity index (χ0) is 13.9. The molecule has 0 bridgehead atoms. The third-order valence-electron chi connectivity index (χ3n) is 3.22. The van der Waals surface area contributed by atoms with Gasteiger partial charge in [-0.05, 0) is 46.7 Å². The van der Waals surface area contributed by atoms with Crippen LogP contribution in [0.3, 0.4) is 0 Å². The fourth-order valence-corrected chi connectivity index (χ4v) is 2.20. The van der Waals surface area contributed by atoms with Crippen LogP contribution >= 0.6 is 0 Å². The van der Waals surface area contributed by atoms with Gasteiger partial charge >= 0.3 is 6.09 Å². The molecule has 1 amide bonds. The van der Waals surface area contributed by atoms with E-state index in [2.05, 4.69) is 11.9 Å². The number of likely N-dealkylation sites (N-methyl/N-ethyl adjacent to an activating group) is 1. The molecule has 5 nitrogen and oxygen atoms in total. The summed E-state index contributed by atoms with van der Waals surface area (Å²) in [5.74, 6) is 0.472. The minimum absolute atomic E-state index is 0.0208. The zero-order valence-corrected chi connectivity index (χ0v) is 12.3. The second kappa shape index (κ2) is 5.89. The SMILES string of the molecule is CN1CCC(C(N)CN(C)C(=O)OC(C)(C)C)C1. The van der Waals surface area contributed by atoms with Gasteiger partial charge in [0.25, 0.3) is 0 Å². The number of ether oxygens (including phenoxy) is 1. The van der Waals surface area contributed by atoms with Gasteiger partial charge < -0.3 is 20.3 Å². The molecule has 1 fully saturated rings. The first-order valence-electron chi connectivity index (χ1n) is 6.57. The maximum Gasteiger partial charge on any atom is 0.410 e. The standard InChI is InChI=1S/C13H27N3O2/c1-13(2,3)18-12(17)16(5)9-11(14)10-6-7-15(4)8-10/h10-11H,6-9,14H2,1-5H3. The summed E-state index contributed by atoms with van der Waals surface area (Å²) in [4.78, 5) is 15.7. The van der Waals surface area contributed by atoms with Gasteiger partial charge in [0, 0.05) is 26.2 Å². The molecule has 0 aromatic rings. The molecule has 18 heavy (non-hydrogen) atoms. The number of rotatable bonds is 3. The Balaban J connectivity index is 2.39. The van der Waals surface area contributed by atoms with Crippen LogP contribution in [0.15, 0.2) is 0 Å². The van der Waals surface area contributed by atoms with Crippen molar-refractivity contribution in [3.8, 4) is 0 Å². The van der Waals surface area contributed by atoms with Crippen molar-refractivity contribution in [2.75, 3.05) is 33.7 Å². The fraction of sp³-hybridized carbons (Fsp3) is 0.923. The molecule has 0 spiro atoms. The average Bonchev–Trinajstić information content (AvgIpc) is 2.62. The van der Waals surface area contributed by atoms with Crippen LogP contribution in [0.2, 0.25) is 0 Å². The van der Waals surface area contributed by atoms with Crippen LogP contribution in [-0.4, -0.2) is 61.3 Å². The molecule has 5 heteroatoms. The van der Waals surface area contributed by atoms with Crippen LogP contribution in [-0.2, 0) is 4.74 Å². The summed E-state index contributed by atoms with van der Waals surface area (Å²) in [6.45, 7) is 8.26. The van der Waals surface area contributed by atoms with E-state index in [1.165, 1.54) is 0 Å². The lowest BCUT2D eigenvalue weighted by Gasteiger charge is -2.28. The molecule has 1 aliphatic heterocycles. The second-order valence-corrected chi connectivity index (χ2v) is 6.34. The molecule has 2 atom stereocenters.